The van der Waals surface area contributed by atoms with E-state index in [0.29, 0.717) is 12.3 Å². The second kappa shape index (κ2) is 10.4. The van der Waals surface area contributed by atoms with Gasteiger partial charge in [0.2, 0.25) is 5.91 Å². The van der Waals surface area contributed by atoms with Crippen LogP contribution < -0.4 is 11.1 Å². The molecule has 6 nitrogen and oxygen atoms in total. The third-order valence-electron chi connectivity index (χ3n) is 4.46. The zero-order valence-electron chi connectivity index (χ0n) is 16.2. The number of nitrogens with one attached hydrogen (secondary N) is 1. The molecule has 26 heavy (non-hydrogen) atoms. The van der Waals surface area contributed by atoms with Gasteiger partial charge in [-0.25, -0.2) is 4.98 Å². The molecule has 3 N–H and O–H groups in total. The number of nitrogens with zero attached hydrogens (tertiary/aromatic N) is 3. The third-order valence-corrected chi connectivity index (χ3v) is 5.37. The van der Waals surface area contributed by atoms with Gasteiger partial charge in [-0.05, 0) is 18.8 Å². The first-order chi connectivity index (χ1) is 11.8. The number of halogens is 1. The maximum atomic E-state index is 11.2. The molecular formula is C18H32IN5OS. The molecule has 0 radical (unpaired) electrons. The molecule has 0 bridgehead atoms. The Morgan fingerprint density at radius 1 is 1.50 bits per heavy atom. The van der Waals surface area contributed by atoms with Crippen molar-refractivity contribution in [3.05, 3.63) is 16.1 Å². The third kappa shape index (κ3) is 7.02. The summed E-state index contributed by atoms with van der Waals surface area (Å²) in [4.78, 5) is 22.5. The predicted octanol–water partition coefficient (Wildman–Crippen LogP) is 2.76. The van der Waals surface area contributed by atoms with Crippen molar-refractivity contribution in [1.29, 1.82) is 0 Å². The van der Waals surface area contributed by atoms with Crippen LogP contribution in [0.3, 0.4) is 0 Å². The van der Waals surface area contributed by atoms with Crippen LogP contribution in [0.2, 0.25) is 0 Å². The number of carbonyl (C=O) groups is 1. The van der Waals surface area contributed by atoms with Gasteiger partial charge in [-0.15, -0.1) is 35.3 Å². The smallest absolute Gasteiger partial charge is 0.217 e. The molecule has 1 aliphatic heterocycles. The molecule has 2 rings (SSSR count). The first-order valence-electron chi connectivity index (χ1n) is 8.98. The molecule has 1 aromatic heterocycles. The minimum absolute atomic E-state index is 0. The van der Waals surface area contributed by atoms with Crippen molar-refractivity contribution in [1.82, 2.24) is 15.2 Å². The highest BCUT2D eigenvalue weighted by molar-refractivity contribution is 14.0. The monoisotopic (exact) mass is 493 g/mol. The Kier molecular flexibility index (Phi) is 9.29. The number of aliphatic imine (C=N–C) groups is 1. The number of likely N-dealkylation sites (tertiary alicyclic amines) is 1. The fourth-order valence-electron chi connectivity index (χ4n) is 3.09. The largest absolute Gasteiger partial charge is 0.370 e. The van der Waals surface area contributed by atoms with E-state index in [0.717, 1.165) is 55.6 Å². The Labute approximate surface area is 178 Å². The molecule has 0 aromatic carbocycles. The fraction of sp³-hybridized carbons (Fsp3) is 0.722. The molecule has 8 heteroatoms. The summed E-state index contributed by atoms with van der Waals surface area (Å²) in [6, 6.07) is 0. The van der Waals surface area contributed by atoms with Crippen LogP contribution in [0.1, 0.15) is 50.7 Å². The van der Waals surface area contributed by atoms with Gasteiger partial charge < -0.3 is 16.0 Å². The number of guanidine groups is 1. The van der Waals surface area contributed by atoms with E-state index < -0.39 is 0 Å². The molecule has 0 spiro atoms. The van der Waals surface area contributed by atoms with E-state index in [2.05, 4.69) is 41.4 Å². The second-order valence-corrected chi connectivity index (χ2v) is 8.67. The van der Waals surface area contributed by atoms with E-state index in [1.807, 2.05) is 0 Å². The highest BCUT2D eigenvalue weighted by Gasteiger charge is 2.23. The van der Waals surface area contributed by atoms with Crippen LogP contribution in [0.15, 0.2) is 10.4 Å². The maximum Gasteiger partial charge on any atom is 0.217 e. The number of amides is 1. The number of hydrogen-bond acceptors (Lipinski definition) is 4. The van der Waals surface area contributed by atoms with Crippen LogP contribution in [-0.2, 0) is 16.6 Å². The van der Waals surface area contributed by atoms with Gasteiger partial charge in [-0.2, -0.15) is 0 Å². The Bertz CT molecular complexity index is 611. The lowest BCUT2D eigenvalue weighted by molar-refractivity contribution is -0.119. The Hall–Kier alpha value is -0.900. The van der Waals surface area contributed by atoms with E-state index >= 15 is 0 Å². The normalized spacial score (nSPS) is 18.4. The van der Waals surface area contributed by atoms with Crippen LogP contribution in [0, 0.1) is 5.92 Å². The summed E-state index contributed by atoms with van der Waals surface area (Å²) in [6.45, 7) is 9.18. The topological polar surface area (TPSA) is 83.6 Å². The minimum atomic E-state index is -0.215. The molecule has 0 aliphatic carbocycles. The first-order valence-corrected chi connectivity index (χ1v) is 9.86. The van der Waals surface area contributed by atoms with Crippen LogP contribution in [0.4, 0.5) is 0 Å². The summed E-state index contributed by atoms with van der Waals surface area (Å²) in [7, 11) is 1.81. The van der Waals surface area contributed by atoms with Crippen LogP contribution in [0.5, 0.6) is 0 Å². The summed E-state index contributed by atoms with van der Waals surface area (Å²) in [5.41, 5.74) is 6.60. The standard InChI is InChI=1S/C18H31N5OS.HI/c1-18(2,3)14-12-25-16(22-14)7-8-21-17(20-4)23-9-5-6-13(11-23)10-15(19)24;/h12-13H,5-11H2,1-4H3,(H2,19,24)(H,20,21);1H. The van der Waals surface area contributed by atoms with E-state index in [4.69, 9.17) is 10.7 Å². The summed E-state index contributed by atoms with van der Waals surface area (Å²) in [5, 5.41) is 6.74. The van der Waals surface area contributed by atoms with Crippen LogP contribution >= 0.6 is 35.3 Å². The lowest BCUT2D eigenvalue weighted by Crippen LogP contribution is -2.47. The predicted molar refractivity (Wildman–Crippen MR) is 119 cm³/mol. The van der Waals surface area contributed by atoms with Crippen LogP contribution in [0.25, 0.3) is 0 Å². The van der Waals surface area contributed by atoms with Gasteiger partial charge in [0.15, 0.2) is 5.96 Å². The Morgan fingerprint density at radius 3 is 2.81 bits per heavy atom. The number of piperidine rings is 1. The molecule has 148 valence electrons. The molecule has 1 aromatic rings. The van der Waals surface area contributed by atoms with Crippen molar-refractivity contribution in [2.75, 3.05) is 26.7 Å². The average Bonchev–Trinajstić information content (AvgIpc) is 3.00. The zero-order valence-corrected chi connectivity index (χ0v) is 19.4. The van der Waals surface area contributed by atoms with Gasteiger partial charge in [-0.3, -0.25) is 9.79 Å². The number of primary amides is 1. The Balaban J connectivity index is 0.00000338. The molecule has 0 saturated carbocycles. The molecule has 1 aliphatic rings. The minimum Gasteiger partial charge on any atom is -0.370 e. The summed E-state index contributed by atoms with van der Waals surface area (Å²) >= 11 is 1.72. The average molecular weight is 493 g/mol. The summed E-state index contributed by atoms with van der Waals surface area (Å²) < 4.78 is 0. The second-order valence-electron chi connectivity index (χ2n) is 7.73. The number of hydrogen-bond donors (Lipinski definition) is 2. The molecule has 1 saturated heterocycles. The van der Waals surface area contributed by atoms with E-state index in [1.165, 1.54) is 0 Å². The van der Waals surface area contributed by atoms with Gasteiger partial charge in [0.1, 0.15) is 0 Å². The van der Waals surface area contributed by atoms with Crippen molar-refractivity contribution in [2.24, 2.45) is 16.6 Å². The van der Waals surface area contributed by atoms with Crippen molar-refractivity contribution in [2.45, 2.75) is 51.9 Å². The fourth-order valence-corrected chi connectivity index (χ4v) is 4.12. The molecule has 1 amide bonds. The highest BCUT2D eigenvalue weighted by atomic mass is 127. The van der Waals surface area contributed by atoms with Gasteiger partial charge in [0.25, 0.3) is 0 Å². The number of rotatable bonds is 5. The van der Waals surface area contributed by atoms with E-state index in [-0.39, 0.29) is 35.3 Å². The first kappa shape index (κ1) is 23.1. The summed E-state index contributed by atoms with van der Waals surface area (Å²) in [6.07, 6.45) is 3.48. The van der Waals surface area contributed by atoms with Crippen molar-refractivity contribution in [3.8, 4) is 0 Å². The molecular weight excluding hydrogens is 461 g/mol. The quantitative estimate of drug-likeness (QED) is 0.376. The van der Waals surface area contributed by atoms with Crippen LogP contribution in [-0.4, -0.2) is 48.4 Å². The number of aromatic nitrogens is 1. The zero-order chi connectivity index (χ0) is 18.4. The SMILES string of the molecule is CN=C(NCCc1nc(C(C)(C)C)cs1)N1CCCC(CC(N)=O)C1.I. The van der Waals surface area contributed by atoms with Crippen molar-refractivity contribution >= 4 is 47.2 Å². The van der Waals surface area contributed by atoms with Gasteiger partial charge in [0, 0.05) is 50.3 Å². The van der Waals surface area contributed by atoms with E-state index in [1.54, 1.807) is 18.4 Å². The van der Waals surface area contributed by atoms with E-state index in [9.17, 15) is 4.79 Å². The molecule has 1 atom stereocenters. The molecule has 1 unspecified atom stereocenters. The van der Waals surface area contributed by atoms with Gasteiger partial charge in [0.05, 0.1) is 10.7 Å². The number of carbonyl (C=O) groups excluding carboxylic acids is 1. The number of thiazole rings is 1. The Morgan fingerprint density at radius 2 is 2.23 bits per heavy atom. The summed E-state index contributed by atoms with van der Waals surface area (Å²) in [5.74, 6) is 1.02. The van der Waals surface area contributed by atoms with Gasteiger partial charge in [-0.1, -0.05) is 20.8 Å². The maximum absolute atomic E-state index is 11.2. The number of nitrogens with two attached hydrogens (primary N) is 1. The lowest BCUT2D eigenvalue weighted by atomic mass is 9.93. The van der Waals surface area contributed by atoms with Gasteiger partial charge >= 0.3 is 0 Å². The molecule has 1 fully saturated rings. The lowest BCUT2D eigenvalue weighted by Gasteiger charge is -2.34. The molecule has 2 heterocycles. The van der Waals surface area contributed by atoms with Crippen molar-refractivity contribution < 1.29 is 4.79 Å². The highest BCUT2D eigenvalue weighted by Crippen LogP contribution is 2.24. The van der Waals surface area contributed by atoms with Crippen molar-refractivity contribution in [3.63, 3.8) is 0 Å².